The molecule has 3 aromatic carbocycles. The van der Waals surface area contributed by atoms with Gasteiger partial charge in [-0.15, -0.1) is 0 Å². The van der Waals surface area contributed by atoms with Gasteiger partial charge >= 0.3 is 0 Å². The van der Waals surface area contributed by atoms with E-state index >= 15 is 0 Å². The summed E-state index contributed by atoms with van der Waals surface area (Å²) in [5, 5.41) is 29.0. The summed E-state index contributed by atoms with van der Waals surface area (Å²) >= 11 is 0. The normalized spacial score (nSPS) is 13.6. The van der Waals surface area contributed by atoms with Crippen molar-refractivity contribution in [3.05, 3.63) is 96.3 Å². The number of hydrogen-bond donors (Lipinski definition) is 4. The topological polar surface area (TPSA) is 105 Å². The van der Waals surface area contributed by atoms with Gasteiger partial charge in [0.25, 0.3) is 5.91 Å². The molecule has 1 fully saturated rings. The molecule has 0 atom stereocenters. The molecular weight excluding hydrogens is 476 g/mol. The molecule has 4 aromatic rings. The van der Waals surface area contributed by atoms with E-state index in [2.05, 4.69) is 39.1 Å². The largest absolute Gasteiger partial charge is 0.393 e. The van der Waals surface area contributed by atoms with E-state index in [0.29, 0.717) is 22.5 Å². The number of nitrogens with zero attached hydrogens (tertiary/aromatic N) is 3. The molecular formula is C30H30N6O2. The van der Waals surface area contributed by atoms with Gasteiger partial charge in [-0.1, -0.05) is 0 Å². The highest BCUT2D eigenvalue weighted by Gasteiger charge is 2.17. The summed E-state index contributed by atoms with van der Waals surface area (Å²) in [4.78, 5) is 14.6. The number of aliphatic hydroxyl groups is 1. The van der Waals surface area contributed by atoms with E-state index < -0.39 is 0 Å². The second-order valence-electron chi connectivity index (χ2n) is 9.48. The molecule has 192 valence electrons. The maximum absolute atomic E-state index is 12.4. The Morgan fingerprint density at radius 2 is 1.53 bits per heavy atom. The van der Waals surface area contributed by atoms with Crippen molar-refractivity contribution in [2.75, 3.05) is 33.9 Å². The number of carbonyl (C=O) groups excluding carboxylic acids is 1. The minimum Gasteiger partial charge on any atom is -0.393 e. The lowest BCUT2D eigenvalue weighted by atomic mass is 10.1. The van der Waals surface area contributed by atoms with E-state index in [4.69, 9.17) is 0 Å². The molecule has 0 saturated carbocycles. The minimum absolute atomic E-state index is 0.165. The Hall–Kier alpha value is -4.74. The van der Waals surface area contributed by atoms with E-state index in [-0.39, 0.29) is 12.0 Å². The predicted octanol–water partition coefficient (Wildman–Crippen LogP) is 5.60. The monoisotopic (exact) mass is 506 g/mol. The van der Waals surface area contributed by atoms with Crippen molar-refractivity contribution in [2.45, 2.75) is 18.9 Å². The van der Waals surface area contributed by atoms with Crippen LogP contribution < -0.4 is 20.9 Å². The number of aryl methyl sites for hydroxylation is 1. The van der Waals surface area contributed by atoms with Crippen LogP contribution >= 0.6 is 0 Å². The van der Waals surface area contributed by atoms with Crippen LogP contribution in [0.4, 0.5) is 34.1 Å². The Bertz CT molecular complexity index is 1450. The van der Waals surface area contributed by atoms with Gasteiger partial charge in [-0.25, -0.2) is 0 Å². The number of benzene rings is 3. The Balaban J connectivity index is 1.20. The van der Waals surface area contributed by atoms with Crippen molar-refractivity contribution in [3.8, 4) is 6.07 Å². The third-order valence-electron chi connectivity index (χ3n) is 6.64. The van der Waals surface area contributed by atoms with E-state index in [1.807, 2.05) is 72.4 Å². The third-order valence-corrected chi connectivity index (χ3v) is 6.64. The van der Waals surface area contributed by atoms with Crippen LogP contribution in [0.5, 0.6) is 0 Å². The number of nitriles is 1. The maximum atomic E-state index is 12.4. The molecule has 8 nitrogen and oxygen atoms in total. The van der Waals surface area contributed by atoms with Crippen molar-refractivity contribution < 1.29 is 9.90 Å². The van der Waals surface area contributed by atoms with Gasteiger partial charge in [0, 0.05) is 61.0 Å². The van der Waals surface area contributed by atoms with Crippen LogP contribution in [0, 0.1) is 11.3 Å². The first kappa shape index (κ1) is 24.9. The fraction of sp³-hybridized carbons (Fsp3) is 0.200. The summed E-state index contributed by atoms with van der Waals surface area (Å²) in [6, 6.07) is 25.2. The maximum Gasteiger partial charge on any atom is 0.257 e. The number of hydrogen-bond acceptors (Lipinski definition) is 6. The van der Waals surface area contributed by atoms with Gasteiger partial charge in [0.15, 0.2) is 0 Å². The van der Waals surface area contributed by atoms with Crippen molar-refractivity contribution in [1.29, 1.82) is 5.26 Å². The average molecular weight is 507 g/mol. The lowest BCUT2D eigenvalue weighted by Gasteiger charge is -2.31. The summed E-state index contributed by atoms with van der Waals surface area (Å²) in [5.41, 5.74) is 6.20. The summed E-state index contributed by atoms with van der Waals surface area (Å²) in [7, 11) is 1.87. The molecule has 2 heterocycles. The Labute approximate surface area is 222 Å². The molecule has 0 unspecified atom stereocenters. The van der Waals surface area contributed by atoms with Gasteiger partial charge in [0.2, 0.25) is 0 Å². The number of aliphatic hydroxyl groups excluding tert-OH is 1. The minimum atomic E-state index is -0.189. The standard InChI is InChI=1S/C30H30N6O2/c1-35-15-12-21(20-35)30(38)34-25-4-2-24(3-5-25)33-29-11-8-26(18-22(29)19-31)32-23-6-9-27(10-7-23)36-16-13-28(37)14-17-36/h2-12,15,18,20,28,32-33,37H,13-14,16-17H2,1H3,(H,34,38). The molecule has 0 spiro atoms. The molecule has 0 radical (unpaired) electrons. The van der Waals surface area contributed by atoms with Crippen LogP contribution in [0.3, 0.4) is 0 Å². The highest BCUT2D eigenvalue weighted by atomic mass is 16.3. The van der Waals surface area contributed by atoms with Crippen LogP contribution in [0.2, 0.25) is 0 Å². The Morgan fingerprint density at radius 3 is 2.18 bits per heavy atom. The first-order valence-corrected chi connectivity index (χ1v) is 12.6. The Kier molecular flexibility index (Phi) is 7.29. The van der Waals surface area contributed by atoms with E-state index in [1.54, 1.807) is 12.3 Å². The molecule has 1 aliphatic heterocycles. The first-order chi connectivity index (χ1) is 18.5. The zero-order chi connectivity index (χ0) is 26.5. The molecule has 1 aromatic heterocycles. The van der Waals surface area contributed by atoms with Gasteiger partial charge < -0.3 is 30.5 Å². The summed E-state index contributed by atoms with van der Waals surface area (Å²) < 4.78 is 1.83. The second-order valence-corrected chi connectivity index (χ2v) is 9.48. The third kappa shape index (κ3) is 5.97. The van der Waals surface area contributed by atoms with E-state index in [1.165, 1.54) is 0 Å². The second kappa shape index (κ2) is 11.1. The molecule has 1 amide bonds. The fourth-order valence-electron chi connectivity index (χ4n) is 4.50. The first-order valence-electron chi connectivity index (χ1n) is 12.6. The summed E-state index contributed by atoms with van der Waals surface area (Å²) in [6.45, 7) is 1.72. The average Bonchev–Trinajstić information content (AvgIpc) is 3.38. The smallest absolute Gasteiger partial charge is 0.257 e. The molecule has 5 rings (SSSR count). The number of anilines is 6. The molecule has 1 saturated heterocycles. The summed E-state index contributed by atoms with van der Waals surface area (Å²) in [6.07, 6.45) is 5.00. The van der Waals surface area contributed by atoms with Gasteiger partial charge in [0.05, 0.1) is 22.9 Å². The van der Waals surface area contributed by atoms with Gasteiger partial charge in [-0.05, 0) is 85.6 Å². The summed E-state index contributed by atoms with van der Waals surface area (Å²) in [5.74, 6) is -0.165. The number of rotatable bonds is 7. The Morgan fingerprint density at radius 1 is 0.895 bits per heavy atom. The quantitative estimate of drug-likeness (QED) is 0.260. The molecule has 1 aliphatic rings. The van der Waals surface area contributed by atoms with Crippen molar-refractivity contribution in [1.82, 2.24) is 4.57 Å². The number of nitrogens with one attached hydrogen (secondary N) is 3. The molecule has 4 N–H and O–H groups in total. The number of aromatic nitrogens is 1. The zero-order valence-electron chi connectivity index (χ0n) is 21.2. The van der Waals surface area contributed by atoms with Gasteiger partial charge in [0.1, 0.15) is 6.07 Å². The van der Waals surface area contributed by atoms with Crippen LogP contribution in [-0.4, -0.2) is 34.8 Å². The number of amides is 1. The predicted molar refractivity (Wildman–Crippen MR) is 151 cm³/mol. The van der Waals surface area contributed by atoms with E-state index in [0.717, 1.165) is 48.7 Å². The lowest BCUT2D eigenvalue weighted by Crippen LogP contribution is -2.35. The molecule has 0 bridgehead atoms. The van der Waals surface area contributed by atoms with Gasteiger partial charge in [-0.2, -0.15) is 5.26 Å². The number of piperidine rings is 1. The molecule has 8 heteroatoms. The fourth-order valence-corrected chi connectivity index (χ4v) is 4.50. The van der Waals surface area contributed by atoms with Crippen molar-refractivity contribution in [2.24, 2.45) is 7.05 Å². The van der Waals surface area contributed by atoms with Crippen molar-refractivity contribution in [3.63, 3.8) is 0 Å². The van der Waals surface area contributed by atoms with Crippen LogP contribution in [0.1, 0.15) is 28.8 Å². The highest BCUT2D eigenvalue weighted by molar-refractivity contribution is 6.04. The number of carbonyl (C=O) groups is 1. The van der Waals surface area contributed by atoms with Crippen LogP contribution in [0.15, 0.2) is 85.2 Å². The van der Waals surface area contributed by atoms with E-state index in [9.17, 15) is 15.2 Å². The van der Waals surface area contributed by atoms with Crippen LogP contribution in [-0.2, 0) is 7.05 Å². The van der Waals surface area contributed by atoms with Crippen LogP contribution in [0.25, 0.3) is 0 Å². The van der Waals surface area contributed by atoms with Gasteiger partial charge in [-0.3, -0.25) is 4.79 Å². The van der Waals surface area contributed by atoms with Crippen molar-refractivity contribution >= 4 is 40.0 Å². The molecule has 38 heavy (non-hydrogen) atoms. The molecule has 0 aliphatic carbocycles. The zero-order valence-corrected chi connectivity index (χ0v) is 21.2. The SMILES string of the molecule is Cn1ccc(C(=O)Nc2ccc(Nc3ccc(Nc4ccc(N5CCC(O)CC5)cc4)cc3C#N)cc2)c1. The lowest BCUT2D eigenvalue weighted by molar-refractivity contribution is 0.102. The highest BCUT2D eigenvalue weighted by Crippen LogP contribution is 2.28.